The molecule has 0 saturated heterocycles. The summed E-state index contributed by atoms with van der Waals surface area (Å²) in [6.07, 6.45) is -0.402. The molecule has 0 radical (unpaired) electrons. The Hall–Kier alpha value is -2.05. The van der Waals surface area contributed by atoms with Gasteiger partial charge in [0.05, 0.1) is 6.42 Å². The molecule has 0 saturated carbocycles. The number of carboxylic acid groups (broad SMARTS) is 1. The summed E-state index contributed by atoms with van der Waals surface area (Å²) in [6, 6.07) is 1.02. The van der Waals surface area contributed by atoms with Crippen LogP contribution in [0.25, 0.3) is 0 Å². The first kappa shape index (κ1) is 17.0. The van der Waals surface area contributed by atoms with Gasteiger partial charge in [0.1, 0.15) is 5.82 Å². The van der Waals surface area contributed by atoms with Crippen molar-refractivity contribution in [2.75, 3.05) is 0 Å². The van der Waals surface area contributed by atoms with Gasteiger partial charge < -0.3 is 10.4 Å². The van der Waals surface area contributed by atoms with Crippen LogP contribution in [0, 0.1) is 17.5 Å². The Labute approximate surface area is 120 Å². The molecule has 0 spiro atoms. The summed E-state index contributed by atoms with van der Waals surface area (Å²) in [5.74, 6) is -5.16. The number of benzene rings is 1. The normalized spacial score (nSPS) is 11.3. The van der Waals surface area contributed by atoms with Crippen molar-refractivity contribution in [1.82, 2.24) is 5.32 Å². The van der Waals surface area contributed by atoms with Crippen LogP contribution in [0.1, 0.15) is 32.3 Å². The van der Waals surface area contributed by atoms with Crippen LogP contribution in [0.15, 0.2) is 12.1 Å². The van der Waals surface area contributed by atoms with E-state index in [4.69, 9.17) is 5.11 Å². The van der Waals surface area contributed by atoms with Crippen LogP contribution in [-0.4, -0.2) is 22.5 Å². The van der Waals surface area contributed by atoms with Crippen LogP contribution in [0.4, 0.5) is 13.2 Å². The maximum atomic E-state index is 13.4. The van der Waals surface area contributed by atoms with Crippen LogP contribution < -0.4 is 5.32 Å². The molecule has 1 aromatic rings. The maximum Gasteiger partial charge on any atom is 0.303 e. The third kappa shape index (κ3) is 5.45. The Bertz CT molecular complexity index is 559. The van der Waals surface area contributed by atoms with Crippen LogP contribution in [0.2, 0.25) is 0 Å². The number of rotatable bonds is 6. The van der Waals surface area contributed by atoms with Crippen molar-refractivity contribution in [2.45, 2.75) is 38.6 Å². The van der Waals surface area contributed by atoms with Crippen molar-refractivity contribution in [1.29, 1.82) is 0 Å². The van der Waals surface area contributed by atoms with Crippen molar-refractivity contribution in [3.8, 4) is 0 Å². The van der Waals surface area contributed by atoms with Crippen molar-refractivity contribution in [3.63, 3.8) is 0 Å². The number of aliphatic carboxylic acids is 1. The molecule has 0 bridgehead atoms. The number of hydrogen-bond acceptors (Lipinski definition) is 2. The van der Waals surface area contributed by atoms with Gasteiger partial charge in [-0.25, -0.2) is 13.2 Å². The summed E-state index contributed by atoms with van der Waals surface area (Å²) < 4.78 is 39.2. The Morgan fingerprint density at radius 1 is 1.14 bits per heavy atom. The number of carbonyl (C=O) groups excluding carboxylic acids is 1. The lowest BCUT2D eigenvalue weighted by molar-refractivity contribution is -0.137. The molecule has 116 valence electrons. The highest BCUT2D eigenvalue weighted by Gasteiger charge is 2.22. The summed E-state index contributed by atoms with van der Waals surface area (Å²) in [7, 11) is 0. The van der Waals surface area contributed by atoms with E-state index in [2.05, 4.69) is 5.32 Å². The minimum Gasteiger partial charge on any atom is -0.481 e. The predicted octanol–water partition coefficient (Wildman–Crippen LogP) is 2.41. The average molecular weight is 303 g/mol. The molecule has 7 heteroatoms. The van der Waals surface area contributed by atoms with E-state index in [0.717, 1.165) is 0 Å². The second-order valence-corrected chi connectivity index (χ2v) is 5.36. The minimum absolute atomic E-state index is 0.132. The van der Waals surface area contributed by atoms with Crippen molar-refractivity contribution in [3.05, 3.63) is 35.1 Å². The molecule has 0 unspecified atom stereocenters. The molecule has 0 aliphatic heterocycles. The number of carboxylic acids is 1. The van der Waals surface area contributed by atoms with Crippen LogP contribution in [0.3, 0.4) is 0 Å². The maximum absolute atomic E-state index is 13.4. The number of hydrogen-bond donors (Lipinski definition) is 2. The van der Waals surface area contributed by atoms with E-state index in [1.807, 2.05) is 0 Å². The molecular formula is C14H16F3NO3. The highest BCUT2D eigenvalue weighted by atomic mass is 19.2. The lowest BCUT2D eigenvalue weighted by Gasteiger charge is -2.25. The topological polar surface area (TPSA) is 66.4 Å². The number of nitrogens with one attached hydrogen (secondary N) is 1. The molecule has 2 N–H and O–H groups in total. The van der Waals surface area contributed by atoms with Gasteiger partial charge in [-0.2, -0.15) is 0 Å². The molecule has 0 fully saturated rings. The Balaban J connectivity index is 2.69. The molecule has 21 heavy (non-hydrogen) atoms. The Morgan fingerprint density at radius 2 is 1.71 bits per heavy atom. The monoisotopic (exact) mass is 303 g/mol. The summed E-state index contributed by atoms with van der Waals surface area (Å²) in [6.45, 7) is 3.24. The van der Waals surface area contributed by atoms with E-state index in [9.17, 15) is 22.8 Å². The quantitative estimate of drug-likeness (QED) is 0.793. The van der Waals surface area contributed by atoms with Crippen molar-refractivity contribution in [2.24, 2.45) is 0 Å². The second kappa shape index (κ2) is 6.60. The van der Waals surface area contributed by atoms with E-state index in [1.165, 1.54) is 0 Å². The Kier molecular flexibility index (Phi) is 5.34. The van der Waals surface area contributed by atoms with E-state index in [-0.39, 0.29) is 18.4 Å². The fourth-order valence-electron chi connectivity index (χ4n) is 1.78. The molecule has 4 nitrogen and oxygen atoms in total. The molecule has 0 aromatic heterocycles. The van der Waals surface area contributed by atoms with Gasteiger partial charge in [-0.3, -0.25) is 9.59 Å². The molecule has 0 atom stereocenters. The van der Waals surface area contributed by atoms with E-state index in [1.54, 1.807) is 13.8 Å². The summed E-state index contributed by atoms with van der Waals surface area (Å²) in [5.41, 5.74) is -1.06. The predicted molar refractivity (Wildman–Crippen MR) is 69.1 cm³/mol. The summed E-state index contributed by atoms with van der Waals surface area (Å²) >= 11 is 0. The Morgan fingerprint density at radius 3 is 2.29 bits per heavy atom. The van der Waals surface area contributed by atoms with E-state index >= 15 is 0 Å². The summed E-state index contributed by atoms with van der Waals surface area (Å²) in [5, 5.41) is 11.1. The van der Waals surface area contributed by atoms with Gasteiger partial charge in [-0.05, 0) is 26.3 Å². The summed E-state index contributed by atoms with van der Waals surface area (Å²) in [4.78, 5) is 22.3. The van der Waals surface area contributed by atoms with Gasteiger partial charge in [0, 0.05) is 23.6 Å². The highest BCUT2D eigenvalue weighted by Crippen LogP contribution is 2.16. The van der Waals surface area contributed by atoms with Crippen LogP contribution in [0.5, 0.6) is 0 Å². The highest BCUT2D eigenvalue weighted by molar-refractivity contribution is 5.79. The minimum atomic E-state index is -1.32. The second-order valence-electron chi connectivity index (χ2n) is 5.36. The van der Waals surface area contributed by atoms with Gasteiger partial charge in [-0.15, -0.1) is 0 Å². The first-order chi connectivity index (χ1) is 9.60. The SMILES string of the molecule is CC(C)(CCC(=O)O)NC(=O)Cc1cc(F)c(F)cc1F. The largest absolute Gasteiger partial charge is 0.481 e. The van der Waals surface area contributed by atoms with Gasteiger partial charge in [-0.1, -0.05) is 0 Å². The number of amides is 1. The third-order valence-electron chi connectivity index (χ3n) is 2.88. The van der Waals surface area contributed by atoms with Crippen molar-refractivity contribution < 1.29 is 27.9 Å². The molecule has 0 aliphatic carbocycles. The number of carbonyl (C=O) groups is 2. The van der Waals surface area contributed by atoms with Gasteiger partial charge in [0.25, 0.3) is 0 Å². The van der Waals surface area contributed by atoms with E-state index < -0.39 is 41.3 Å². The number of halogens is 3. The zero-order chi connectivity index (χ0) is 16.2. The van der Waals surface area contributed by atoms with Gasteiger partial charge in [0.15, 0.2) is 11.6 Å². The van der Waals surface area contributed by atoms with Gasteiger partial charge >= 0.3 is 5.97 Å². The standard InChI is InChI=1S/C14H16F3NO3/c1-14(2,4-3-13(20)21)18-12(19)6-8-5-10(16)11(17)7-9(8)15/h5,7H,3-4,6H2,1-2H3,(H,18,19)(H,20,21). The van der Waals surface area contributed by atoms with Crippen molar-refractivity contribution >= 4 is 11.9 Å². The fraction of sp³-hybridized carbons (Fsp3) is 0.429. The molecule has 1 amide bonds. The lowest BCUT2D eigenvalue weighted by atomic mass is 9.97. The third-order valence-corrected chi connectivity index (χ3v) is 2.88. The zero-order valence-electron chi connectivity index (χ0n) is 11.7. The van der Waals surface area contributed by atoms with Gasteiger partial charge in [0.2, 0.25) is 5.91 Å². The first-order valence-corrected chi connectivity index (χ1v) is 6.27. The fourth-order valence-corrected chi connectivity index (χ4v) is 1.78. The van der Waals surface area contributed by atoms with Crippen LogP contribution in [-0.2, 0) is 16.0 Å². The average Bonchev–Trinajstić information content (AvgIpc) is 2.33. The smallest absolute Gasteiger partial charge is 0.303 e. The molecule has 0 aliphatic rings. The molecule has 0 heterocycles. The molecule has 1 aromatic carbocycles. The molecular weight excluding hydrogens is 287 g/mol. The molecule has 1 rings (SSSR count). The lowest BCUT2D eigenvalue weighted by Crippen LogP contribution is -2.44. The van der Waals surface area contributed by atoms with E-state index in [0.29, 0.717) is 12.1 Å². The first-order valence-electron chi connectivity index (χ1n) is 6.27. The zero-order valence-corrected chi connectivity index (χ0v) is 11.7. The van der Waals surface area contributed by atoms with Crippen LogP contribution >= 0.6 is 0 Å².